The predicted octanol–water partition coefficient (Wildman–Crippen LogP) is 3.19. The van der Waals surface area contributed by atoms with Crippen LogP contribution in [0, 0.1) is 0 Å². The van der Waals surface area contributed by atoms with E-state index in [1.54, 1.807) is 0 Å². The average Bonchev–Trinajstić information content (AvgIpc) is 3.32. The van der Waals surface area contributed by atoms with Gasteiger partial charge in [0.15, 0.2) is 5.58 Å². The van der Waals surface area contributed by atoms with Gasteiger partial charge in [-0.1, -0.05) is 19.1 Å². The number of fused-ring (bicyclic) bond motifs is 1. The van der Waals surface area contributed by atoms with Crippen LogP contribution in [0.5, 0.6) is 0 Å². The van der Waals surface area contributed by atoms with Crippen molar-refractivity contribution >= 4 is 17.0 Å². The van der Waals surface area contributed by atoms with Crippen molar-refractivity contribution in [3.05, 3.63) is 30.2 Å². The number of para-hydroxylation sites is 2. The molecule has 0 aliphatic carbocycles. The molecule has 0 saturated carbocycles. The highest BCUT2D eigenvalue weighted by atomic mass is 16.3. The van der Waals surface area contributed by atoms with Gasteiger partial charge in [0.25, 0.3) is 0 Å². The van der Waals surface area contributed by atoms with E-state index < -0.39 is 0 Å². The lowest BCUT2D eigenvalue weighted by Gasteiger charge is -2.34. The van der Waals surface area contributed by atoms with Crippen molar-refractivity contribution in [1.82, 2.24) is 14.8 Å². The number of benzene rings is 1. The Bertz CT molecular complexity index is 693. The summed E-state index contributed by atoms with van der Waals surface area (Å²) in [5, 5.41) is 0. The molecule has 2 aliphatic rings. The highest BCUT2D eigenvalue weighted by molar-refractivity contribution is 5.76. The number of aromatic nitrogens is 1. The Balaban J connectivity index is 1.51. The second-order valence-corrected chi connectivity index (χ2v) is 6.91. The molecule has 1 aromatic carbocycles. The number of hydrogen-bond donors (Lipinski definition) is 0. The van der Waals surface area contributed by atoms with Crippen molar-refractivity contribution in [1.29, 1.82) is 0 Å². The lowest BCUT2D eigenvalue weighted by atomic mass is 10.0. The minimum atomic E-state index is 0.297. The quantitative estimate of drug-likeness (QED) is 0.865. The molecular weight excluding hydrogens is 302 g/mol. The van der Waals surface area contributed by atoms with Crippen LogP contribution in [0.2, 0.25) is 0 Å². The maximum absolute atomic E-state index is 12.2. The predicted molar refractivity (Wildman–Crippen MR) is 92.5 cm³/mol. The third-order valence-corrected chi connectivity index (χ3v) is 5.46. The van der Waals surface area contributed by atoms with E-state index in [9.17, 15) is 4.79 Å². The maximum Gasteiger partial charge on any atom is 0.222 e. The van der Waals surface area contributed by atoms with Gasteiger partial charge in [-0.05, 0) is 44.4 Å². The molecule has 2 atom stereocenters. The van der Waals surface area contributed by atoms with Crippen molar-refractivity contribution in [3.63, 3.8) is 0 Å². The average molecular weight is 327 g/mol. The molecule has 0 radical (unpaired) electrons. The van der Waals surface area contributed by atoms with Crippen molar-refractivity contribution in [3.8, 4) is 0 Å². The third kappa shape index (κ3) is 2.81. The summed E-state index contributed by atoms with van der Waals surface area (Å²) < 4.78 is 5.90. The van der Waals surface area contributed by atoms with E-state index in [1.807, 2.05) is 31.2 Å². The molecule has 5 heteroatoms. The number of likely N-dealkylation sites (tertiary alicyclic amines) is 2. The van der Waals surface area contributed by atoms with E-state index in [1.165, 1.54) is 12.8 Å². The van der Waals surface area contributed by atoms with Crippen LogP contribution in [0.4, 0.5) is 0 Å². The number of amides is 1. The second kappa shape index (κ2) is 6.55. The summed E-state index contributed by atoms with van der Waals surface area (Å²) in [6.45, 7) is 4.69. The van der Waals surface area contributed by atoms with Crippen molar-refractivity contribution < 1.29 is 9.21 Å². The van der Waals surface area contributed by atoms with Crippen LogP contribution in [-0.4, -0.2) is 45.9 Å². The first-order chi connectivity index (χ1) is 11.8. The molecule has 0 unspecified atom stereocenters. The maximum atomic E-state index is 12.2. The fourth-order valence-corrected chi connectivity index (χ4v) is 4.35. The van der Waals surface area contributed by atoms with E-state index in [2.05, 4.69) is 14.8 Å². The first-order valence-corrected chi connectivity index (χ1v) is 9.14. The van der Waals surface area contributed by atoms with Crippen LogP contribution in [0.25, 0.3) is 11.1 Å². The Morgan fingerprint density at radius 3 is 2.83 bits per heavy atom. The fraction of sp³-hybridized carbons (Fsp3) is 0.579. The fourth-order valence-electron chi connectivity index (χ4n) is 4.35. The number of hydrogen-bond acceptors (Lipinski definition) is 4. The minimum absolute atomic E-state index is 0.297. The Morgan fingerprint density at radius 2 is 2.00 bits per heavy atom. The van der Waals surface area contributed by atoms with Crippen molar-refractivity contribution in [2.45, 2.75) is 57.7 Å². The largest absolute Gasteiger partial charge is 0.439 e. The van der Waals surface area contributed by atoms with Crippen LogP contribution >= 0.6 is 0 Å². The molecule has 2 aromatic rings. The summed E-state index contributed by atoms with van der Waals surface area (Å²) >= 11 is 0. The van der Waals surface area contributed by atoms with Gasteiger partial charge in [0.2, 0.25) is 11.8 Å². The minimum Gasteiger partial charge on any atom is -0.439 e. The third-order valence-electron chi connectivity index (χ3n) is 5.46. The van der Waals surface area contributed by atoms with Crippen LogP contribution in [0.1, 0.15) is 44.9 Å². The molecule has 2 fully saturated rings. The molecule has 2 aliphatic heterocycles. The smallest absolute Gasteiger partial charge is 0.222 e. The molecule has 2 saturated heterocycles. The molecule has 0 spiro atoms. The van der Waals surface area contributed by atoms with Crippen LogP contribution < -0.4 is 0 Å². The SMILES string of the molecule is CCC(=O)N1CCC[C@@H]1[C@H]1CCCN1Cc1nc2ccccc2o1. The van der Waals surface area contributed by atoms with Crippen molar-refractivity contribution in [2.75, 3.05) is 13.1 Å². The Kier molecular flexibility index (Phi) is 4.27. The summed E-state index contributed by atoms with van der Waals surface area (Å²) in [5.74, 6) is 1.08. The molecule has 0 N–H and O–H groups in total. The van der Waals surface area contributed by atoms with Crippen LogP contribution in [-0.2, 0) is 11.3 Å². The molecule has 1 amide bonds. The number of carbonyl (C=O) groups is 1. The van der Waals surface area contributed by atoms with Gasteiger partial charge in [0, 0.05) is 25.0 Å². The standard InChI is InChI=1S/C19H25N3O2/c1-2-19(23)22-12-6-9-16(22)15-8-5-11-21(15)13-18-20-14-7-3-4-10-17(14)24-18/h3-4,7,10,15-16H,2,5-6,8-9,11-13H2,1H3/t15-,16-/m1/s1. The van der Waals surface area contributed by atoms with Gasteiger partial charge >= 0.3 is 0 Å². The van der Waals surface area contributed by atoms with Gasteiger partial charge in [-0.15, -0.1) is 0 Å². The zero-order valence-electron chi connectivity index (χ0n) is 14.3. The summed E-state index contributed by atoms with van der Waals surface area (Å²) in [6, 6.07) is 8.72. The van der Waals surface area contributed by atoms with Gasteiger partial charge in [0.05, 0.1) is 6.54 Å². The highest BCUT2D eigenvalue weighted by Crippen LogP contribution is 2.31. The zero-order valence-corrected chi connectivity index (χ0v) is 14.3. The molecule has 3 heterocycles. The second-order valence-electron chi connectivity index (χ2n) is 6.91. The number of carbonyl (C=O) groups excluding carboxylic acids is 1. The molecule has 1 aromatic heterocycles. The molecule has 5 nitrogen and oxygen atoms in total. The van der Waals surface area contributed by atoms with Crippen molar-refractivity contribution in [2.24, 2.45) is 0 Å². The molecule has 0 bridgehead atoms. The molecule has 4 rings (SSSR count). The summed E-state index contributed by atoms with van der Waals surface area (Å²) in [4.78, 5) is 21.4. The Morgan fingerprint density at radius 1 is 1.21 bits per heavy atom. The summed E-state index contributed by atoms with van der Waals surface area (Å²) in [6.07, 6.45) is 5.21. The normalized spacial score (nSPS) is 25.0. The van der Waals surface area contributed by atoms with E-state index in [0.29, 0.717) is 24.4 Å². The van der Waals surface area contributed by atoms with Gasteiger partial charge in [-0.2, -0.15) is 0 Å². The Labute approximate surface area is 142 Å². The van der Waals surface area contributed by atoms with Crippen LogP contribution in [0.15, 0.2) is 28.7 Å². The van der Waals surface area contributed by atoms with Gasteiger partial charge in [0.1, 0.15) is 5.52 Å². The molecule has 128 valence electrons. The number of nitrogens with zero attached hydrogens (tertiary/aromatic N) is 3. The molecular formula is C19H25N3O2. The lowest BCUT2D eigenvalue weighted by Crippen LogP contribution is -2.47. The number of oxazole rings is 1. The van der Waals surface area contributed by atoms with Gasteiger partial charge < -0.3 is 9.32 Å². The monoisotopic (exact) mass is 327 g/mol. The highest BCUT2D eigenvalue weighted by Gasteiger charge is 2.39. The zero-order chi connectivity index (χ0) is 16.5. The van der Waals surface area contributed by atoms with E-state index >= 15 is 0 Å². The van der Waals surface area contributed by atoms with Crippen LogP contribution in [0.3, 0.4) is 0 Å². The van der Waals surface area contributed by atoms with E-state index in [0.717, 1.165) is 49.5 Å². The van der Waals surface area contributed by atoms with Gasteiger partial charge in [-0.3, -0.25) is 9.69 Å². The van der Waals surface area contributed by atoms with E-state index in [4.69, 9.17) is 4.42 Å². The lowest BCUT2D eigenvalue weighted by molar-refractivity contribution is -0.132. The first-order valence-electron chi connectivity index (χ1n) is 9.14. The molecule has 24 heavy (non-hydrogen) atoms. The Hall–Kier alpha value is -1.88. The van der Waals surface area contributed by atoms with E-state index in [-0.39, 0.29) is 0 Å². The number of rotatable bonds is 4. The summed E-state index contributed by atoms with van der Waals surface area (Å²) in [5.41, 5.74) is 1.78. The topological polar surface area (TPSA) is 49.6 Å². The van der Waals surface area contributed by atoms with Gasteiger partial charge in [-0.25, -0.2) is 4.98 Å². The first kappa shape index (κ1) is 15.6. The summed E-state index contributed by atoms with van der Waals surface area (Å²) in [7, 11) is 0.